The van der Waals surface area contributed by atoms with Crippen molar-refractivity contribution in [3.05, 3.63) is 59.2 Å². The van der Waals surface area contributed by atoms with Crippen LogP contribution in [0.25, 0.3) is 0 Å². The molecule has 2 heterocycles. The zero-order chi connectivity index (χ0) is 20.5. The third-order valence-electron chi connectivity index (χ3n) is 5.79. The molecule has 0 aliphatic carbocycles. The Bertz CT molecular complexity index is 965. The van der Waals surface area contributed by atoms with Crippen molar-refractivity contribution in [3.63, 3.8) is 0 Å². The summed E-state index contributed by atoms with van der Waals surface area (Å²) in [5, 5.41) is 2.95. The van der Waals surface area contributed by atoms with E-state index in [0.717, 1.165) is 29.7 Å². The molecule has 3 amide bonds. The second kappa shape index (κ2) is 7.70. The van der Waals surface area contributed by atoms with Gasteiger partial charge in [0.05, 0.1) is 11.3 Å². The highest BCUT2D eigenvalue weighted by Crippen LogP contribution is 2.31. The lowest BCUT2D eigenvalue weighted by molar-refractivity contribution is -0.125. The van der Waals surface area contributed by atoms with E-state index in [2.05, 4.69) is 5.32 Å². The Morgan fingerprint density at radius 3 is 2.52 bits per heavy atom. The largest absolute Gasteiger partial charge is 0.327 e. The van der Waals surface area contributed by atoms with Crippen LogP contribution in [0.4, 0.5) is 11.4 Å². The lowest BCUT2D eigenvalue weighted by Crippen LogP contribution is -2.52. The second-order valence-electron chi connectivity index (χ2n) is 7.77. The van der Waals surface area contributed by atoms with Crippen LogP contribution in [0.2, 0.25) is 0 Å². The number of hydrogen-bond acceptors (Lipinski definition) is 3. The molecule has 0 saturated carbocycles. The molecule has 0 radical (unpaired) electrons. The van der Waals surface area contributed by atoms with E-state index >= 15 is 0 Å². The van der Waals surface area contributed by atoms with Crippen LogP contribution in [0.15, 0.2) is 42.5 Å². The summed E-state index contributed by atoms with van der Waals surface area (Å²) >= 11 is 0. The van der Waals surface area contributed by atoms with Crippen LogP contribution in [0, 0.1) is 13.8 Å². The van der Waals surface area contributed by atoms with Gasteiger partial charge < -0.3 is 15.1 Å². The number of nitrogens with zero attached hydrogens (tertiary/aromatic N) is 2. The first-order chi connectivity index (χ1) is 14.0. The molecule has 0 aromatic heterocycles. The number of nitrogens with one attached hydrogen (secondary N) is 1. The van der Waals surface area contributed by atoms with Crippen molar-refractivity contribution in [1.82, 2.24) is 4.90 Å². The number of amides is 3. The molecule has 2 aliphatic rings. The van der Waals surface area contributed by atoms with E-state index in [1.807, 2.05) is 32.0 Å². The monoisotopic (exact) mass is 391 g/mol. The summed E-state index contributed by atoms with van der Waals surface area (Å²) in [6.45, 7) is 4.33. The molecule has 0 spiro atoms. The van der Waals surface area contributed by atoms with Gasteiger partial charge in [0.25, 0.3) is 5.91 Å². The summed E-state index contributed by atoms with van der Waals surface area (Å²) in [7, 11) is 0. The molecule has 2 aromatic rings. The Kier molecular flexibility index (Phi) is 5.09. The Balaban J connectivity index is 1.66. The molecule has 29 heavy (non-hydrogen) atoms. The number of fused-ring (bicyclic) bond motifs is 2. The summed E-state index contributed by atoms with van der Waals surface area (Å²) in [6.07, 6.45) is 2.43. The third kappa shape index (κ3) is 3.50. The minimum absolute atomic E-state index is 0.124. The summed E-state index contributed by atoms with van der Waals surface area (Å²) in [5.41, 5.74) is 3.69. The number of rotatable bonds is 3. The highest BCUT2D eigenvalue weighted by atomic mass is 16.2. The normalized spacial score (nSPS) is 18.8. The van der Waals surface area contributed by atoms with Gasteiger partial charge in [0, 0.05) is 12.2 Å². The lowest BCUT2D eigenvalue weighted by Gasteiger charge is -2.34. The van der Waals surface area contributed by atoms with E-state index in [4.69, 9.17) is 0 Å². The molecule has 0 bridgehead atoms. The van der Waals surface area contributed by atoms with Crippen LogP contribution in [0.5, 0.6) is 0 Å². The van der Waals surface area contributed by atoms with E-state index in [-0.39, 0.29) is 24.3 Å². The number of benzene rings is 2. The minimum atomic E-state index is -0.503. The lowest BCUT2D eigenvalue weighted by atomic mass is 10.0. The Morgan fingerprint density at radius 1 is 1.03 bits per heavy atom. The van der Waals surface area contributed by atoms with Crippen molar-refractivity contribution in [3.8, 4) is 0 Å². The SMILES string of the molecule is Cc1cccc(C)c1NC(=O)CN1C(=O)C2CCCCN2C(=O)c2ccccc21. The van der Waals surface area contributed by atoms with Crippen LogP contribution in [-0.2, 0) is 9.59 Å². The van der Waals surface area contributed by atoms with E-state index in [0.29, 0.717) is 24.2 Å². The average molecular weight is 391 g/mol. The first-order valence-electron chi connectivity index (χ1n) is 10.0. The summed E-state index contributed by atoms with van der Waals surface area (Å²) in [6, 6.07) is 12.4. The summed E-state index contributed by atoms with van der Waals surface area (Å²) in [5.74, 6) is -0.585. The molecule has 6 heteroatoms. The van der Waals surface area contributed by atoms with E-state index in [9.17, 15) is 14.4 Å². The number of hydrogen-bond donors (Lipinski definition) is 1. The van der Waals surface area contributed by atoms with E-state index < -0.39 is 6.04 Å². The second-order valence-corrected chi connectivity index (χ2v) is 7.77. The summed E-state index contributed by atoms with van der Waals surface area (Å²) < 4.78 is 0. The Hall–Kier alpha value is -3.15. The topological polar surface area (TPSA) is 69.7 Å². The zero-order valence-electron chi connectivity index (χ0n) is 16.8. The van der Waals surface area contributed by atoms with Crippen molar-refractivity contribution in [1.29, 1.82) is 0 Å². The maximum Gasteiger partial charge on any atom is 0.256 e. The number of carbonyl (C=O) groups excluding carboxylic acids is 3. The van der Waals surface area contributed by atoms with Crippen molar-refractivity contribution < 1.29 is 14.4 Å². The molecule has 150 valence electrons. The number of aryl methyl sites for hydroxylation is 2. The minimum Gasteiger partial charge on any atom is -0.327 e. The van der Waals surface area contributed by atoms with Crippen molar-refractivity contribution >= 4 is 29.1 Å². The van der Waals surface area contributed by atoms with Crippen molar-refractivity contribution in [2.75, 3.05) is 23.3 Å². The number of anilines is 2. The van der Waals surface area contributed by atoms with Crippen LogP contribution in [-0.4, -0.2) is 41.8 Å². The molecule has 2 aromatic carbocycles. The highest BCUT2D eigenvalue weighted by molar-refractivity contribution is 6.13. The van der Waals surface area contributed by atoms with Gasteiger partial charge in [0.1, 0.15) is 12.6 Å². The predicted molar refractivity (Wildman–Crippen MR) is 112 cm³/mol. The number of piperidine rings is 1. The maximum absolute atomic E-state index is 13.4. The zero-order valence-corrected chi connectivity index (χ0v) is 16.8. The molecule has 4 rings (SSSR count). The summed E-state index contributed by atoms with van der Waals surface area (Å²) in [4.78, 5) is 42.5. The molecular weight excluding hydrogens is 366 g/mol. The van der Waals surface area contributed by atoms with Gasteiger partial charge in [-0.1, -0.05) is 30.3 Å². The fraction of sp³-hybridized carbons (Fsp3) is 0.348. The smallest absolute Gasteiger partial charge is 0.256 e. The van der Waals surface area contributed by atoms with E-state index in [1.54, 1.807) is 29.2 Å². The average Bonchev–Trinajstić information content (AvgIpc) is 2.81. The maximum atomic E-state index is 13.4. The first kappa shape index (κ1) is 19.2. The third-order valence-corrected chi connectivity index (χ3v) is 5.79. The van der Waals surface area contributed by atoms with Crippen LogP contribution in [0.1, 0.15) is 40.7 Å². The molecule has 1 N–H and O–H groups in total. The van der Waals surface area contributed by atoms with Crippen molar-refractivity contribution in [2.24, 2.45) is 0 Å². The molecular formula is C23H25N3O3. The predicted octanol–water partition coefficient (Wildman–Crippen LogP) is 3.28. The fourth-order valence-electron chi connectivity index (χ4n) is 4.27. The van der Waals surface area contributed by atoms with Gasteiger partial charge in [-0.2, -0.15) is 0 Å². The molecule has 6 nitrogen and oxygen atoms in total. The van der Waals surface area contributed by atoms with Crippen LogP contribution < -0.4 is 10.2 Å². The van der Waals surface area contributed by atoms with Crippen LogP contribution >= 0.6 is 0 Å². The standard InChI is InChI=1S/C23H25N3O3/c1-15-8-7-9-16(2)21(15)24-20(27)14-26-18-11-4-3-10-17(18)22(28)25-13-6-5-12-19(25)23(26)29/h3-4,7-11,19H,5-6,12-14H2,1-2H3,(H,24,27). The molecule has 2 aliphatic heterocycles. The number of carbonyl (C=O) groups is 3. The molecule has 1 saturated heterocycles. The van der Waals surface area contributed by atoms with Crippen LogP contribution in [0.3, 0.4) is 0 Å². The highest BCUT2D eigenvalue weighted by Gasteiger charge is 2.41. The molecule has 1 fully saturated rings. The van der Waals surface area contributed by atoms with Gasteiger partial charge in [-0.25, -0.2) is 0 Å². The quantitative estimate of drug-likeness (QED) is 0.873. The van der Waals surface area contributed by atoms with Gasteiger partial charge in [0.2, 0.25) is 11.8 Å². The van der Waals surface area contributed by atoms with Gasteiger partial charge >= 0.3 is 0 Å². The van der Waals surface area contributed by atoms with Gasteiger partial charge in [-0.15, -0.1) is 0 Å². The molecule has 1 atom stereocenters. The van der Waals surface area contributed by atoms with E-state index in [1.165, 1.54) is 4.90 Å². The van der Waals surface area contributed by atoms with Gasteiger partial charge in [-0.05, 0) is 56.4 Å². The number of para-hydroxylation sites is 2. The molecule has 1 unspecified atom stereocenters. The fourth-order valence-corrected chi connectivity index (χ4v) is 4.27. The van der Waals surface area contributed by atoms with Gasteiger partial charge in [0.15, 0.2) is 0 Å². The van der Waals surface area contributed by atoms with Crippen molar-refractivity contribution in [2.45, 2.75) is 39.2 Å². The Labute approximate surface area is 170 Å². The van der Waals surface area contributed by atoms with Gasteiger partial charge in [-0.3, -0.25) is 14.4 Å². The Morgan fingerprint density at radius 2 is 1.76 bits per heavy atom. The first-order valence-corrected chi connectivity index (χ1v) is 10.0.